The van der Waals surface area contributed by atoms with Crippen LogP contribution in [-0.2, 0) is 6.54 Å². The highest BCUT2D eigenvalue weighted by atomic mass is 16.1. The molecule has 0 radical (unpaired) electrons. The predicted octanol–water partition coefficient (Wildman–Crippen LogP) is 2.94. The monoisotopic (exact) mass is 282 g/mol. The molecule has 0 bridgehead atoms. The first kappa shape index (κ1) is 15.3. The first-order valence-corrected chi connectivity index (χ1v) is 7.27. The van der Waals surface area contributed by atoms with Crippen LogP contribution >= 0.6 is 0 Å². The zero-order chi connectivity index (χ0) is 15.1. The number of hydrogen-bond donors (Lipinski definition) is 2. The summed E-state index contributed by atoms with van der Waals surface area (Å²) in [6.07, 6.45) is 0. The van der Waals surface area contributed by atoms with Gasteiger partial charge in [-0.15, -0.1) is 0 Å². The average molecular weight is 282 g/mol. The van der Waals surface area contributed by atoms with Gasteiger partial charge in [0, 0.05) is 25.7 Å². The van der Waals surface area contributed by atoms with Crippen LogP contribution in [0.3, 0.4) is 0 Å². The standard InChI is InChI=1S/C18H22N2O/c1-14(16-8-4-3-5-9-16)12-20-13-15-7-6-10-17(11-15)18(21)19-2/h3-11,14,20H,12-13H2,1-2H3,(H,19,21). The van der Waals surface area contributed by atoms with Crippen molar-refractivity contribution in [2.75, 3.05) is 13.6 Å². The van der Waals surface area contributed by atoms with E-state index in [0.29, 0.717) is 11.5 Å². The van der Waals surface area contributed by atoms with Gasteiger partial charge < -0.3 is 10.6 Å². The van der Waals surface area contributed by atoms with E-state index in [-0.39, 0.29) is 5.91 Å². The lowest BCUT2D eigenvalue weighted by atomic mass is 10.0. The van der Waals surface area contributed by atoms with Crippen molar-refractivity contribution in [2.45, 2.75) is 19.4 Å². The van der Waals surface area contributed by atoms with Crippen molar-refractivity contribution in [1.29, 1.82) is 0 Å². The largest absolute Gasteiger partial charge is 0.355 e. The van der Waals surface area contributed by atoms with E-state index in [1.807, 2.05) is 30.3 Å². The van der Waals surface area contributed by atoms with Crippen molar-refractivity contribution in [3.8, 4) is 0 Å². The fourth-order valence-corrected chi connectivity index (χ4v) is 2.30. The molecule has 2 aromatic rings. The first-order chi connectivity index (χ1) is 10.2. The van der Waals surface area contributed by atoms with E-state index < -0.39 is 0 Å². The van der Waals surface area contributed by atoms with Crippen molar-refractivity contribution < 1.29 is 4.79 Å². The van der Waals surface area contributed by atoms with Crippen molar-refractivity contribution in [3.63, 3.8) is 0 Å². The molecular formula is C18H22N2O. The summed E-state index contributed by atoms with van der Waals surface area (Å²) in [6.45, 7) is 3.89. The van der Waals surface area contributed by atoms with Gasteiger partial charge >= 0.3 is 0 Å². The molecule has 1 atom stereocenters. The van der Waals surface area contributed by atoms with E-state index in [2.05, 4.69) is 41.8 Å². The number of benzene rings is 2. The molecule has 0 aliphatic heterocycles. The van der Waals surface area contributed by atoms with Crippen LogP contribution in [0, 0.1) is 0 Å². The van der Waals surface area contributed by atoms with Crippen LogP contribution < -0.4 is 10.6 Å². The summed E-state index contributed by atoms with van der Waals surface area (Å²) >= 11 is 0. The second kappa shape index (κ2) is 7.60. The maximum absolute atomic E-state index is 11.6. The van der Waals surface area contributed by atoms with E-state index >= 15 is 0 Å². The van der Waals surface area contributed by atoms with Crippen LogP contribution in [0.2, 0.25) is 0 Å². The second-order valence-electron chi connectivity index (χ2n) is 5.22. The highest BCUT2D eigenvalue weighted by Crippen LogP contribution is 2.13. The molecular weight excluding hydrogens is 260 g/mol. The average Bonchev–Trinajstić information content (AvgIpc) is 2.55. The van der Waals surface area contributed by atoms with Gasteiger partial charge in [-0.1, -0.05) is 49.4 Å². The third-order valence-electron chi connectivity index (χ3n) is 3.56. The van der Waals surface area contributed by atoms with Gasteiger partial charge in [-0.25, -0.2) is 0 Å². The molecule has 3 heteroatoms. The third-order valence-corrected chi connectivity index (χ3v) is 3.56. The van der Waals surface area contributed by atoms with E-state index in [1.54, 1.807) is 7.05 Å². The van der Waals surface area contributed by atoms with Gasteiger partial charge in [-0.05, 0) is 29.2 Å². The number of rotatable bonds is 6. The number of hydrogen-bond acceptors (Lipinski definition) is 2. The Morgan fingerprint density at radius 1 is 1.10 bits per heavy atom. The van der Waals surface area contributed by atoms with Crippen molar-refractivity contribution in [1.82, 2.24) is 10.6 Å². The molecule has 0 heterocycles. The van der Waals surface area contributed by atoms with Crippen LogP contribution in [0.15, 0.2) is 54.6 Å². The summed E-state index contributed by atoms with van der Waals surface area (Å²) in [6, 6.07) is 18.2. The molecule has 0 saturated carbocycles. The van der Waals surface area contributed by atoms with Crippen LogP contribution in [0.1, 0.15) is 34.3 Å². The summed E-state index contributed by atoms with van der Waals surface area (Å²) in [5.74, 6) is 0.419. The van der Waals surface area contributed by atoms with Gasteiger partial charge in [-0.3, -0.25) is 4.79 Å². The Morgan fingerprint density at radius 3 is 2.57 bits per heavy atom. The van der Waals surface area contributed by atoms with Gasteiger partial charge in [-0.2, -0.15) is 0 Å². The molecule has 0 aromatic heterocycles. The van der Waals surface area contributed by atoms with Crippen molar-refractivity contribution >= 4 is 5.91 Å². The lowest BCUT2D eigenvalue weighted by Crippen LogP contribution is -2.21. The van der Waals surface area contributed by atoms with E-state index in [9.17, 15) is 4.79 Å². The zero-order valence-electron chi connectivity index (χ0n) is 12.6. The predicted molar refractivity (Wildman–Crippen MR) is 86.4 cm³/mol. The Hall–Kier alpha value is -2.13. The Balaban J connectivity index is 1.87. The van der Waals surface area contributed by atoms with E-state index in [4.69, 9.17) is 0 Å². The molecule has 110 valence electrons. The molecule has 21 heavy (non-hydrogen) atoms. The summed E-state index contributed by atoms with van der Waals surface area (Å²) in [5.41, 5.74) is 3.16. The van der Waals surface area contributed by atoms with Gasteiger partial charge in [0.1, 0.15) is 0 Å². The van der Waals surface area contributed by atoms with Crippen LogP contribution in [-0.4, -0.2) is 19.5 Å². The SMILES string of the molecule is CNC(=O)c1cccc(CNCC(C)c2ccccc2)c1. The molecule has 1 unspecified atom stereocenters. The molecule has 0 spiro atoms. The highest BCUT2D eigenvalue weighted by Gasteiger charge is 2.06. The van der Waals surface area contributed by atoms with Crippen LogP contribution in [0.25, 0.3) is 0 Å². The molecule has 0 aliphatic rings. The molecule has 2 aromatic carbocycles. The van der Waals surface area contributed by atoms with E-state index in [1.165, 1.54) is 5.56 Å². The lowest BCUT2D eigenvalue weighted by Gasteiger charge is -2.13. The van der Waals surface area contributed by atoms with Gasteiger partial charge in [0.25, 0.3) is 5.91 Å². The summed E-state index contributed by atoms with van der Waals surface area (Å²) < 4.78 is 0. The van der Waals surface area contributed by atoms with E-state index in [0.717, 1.165) is 18.7 Å². The third kappa shape index (κ3) is 4.43. The molecule has 2 rings (SSSR count). The maximum atomic E-state index is 11.6. The Bertz CT molecular complexity index is 581. The molecule has 2 N–H and O–H groups in total. The van der Waals surface area contributed by atoms with Gasteiger partial charge in [0.05, 0.1) is 0 Å². The Labute approximate surface area is 126 Å². The minimum atomic E-state index is -0.0468. The number of amides is 1. The van der Waals surface area contributed by atoms with Gasteiger partial charge in [0.15, 0.2) is 0 Å². The summed E-state index contributed by atoms with van der Waals surface area (Å²) in [7, 11) is 1.65. The molecule has 1 amide bonds. The quantitative estimate of drug-likeness (QED) is 0.855. The van der Waals surface area contributed by atoms with Crippen LogP contribution in [0.4, 0.5) is 0 Å². The molecule has 3 nitrogen and oxygen atoms in total. The topological polar surface area (TPSA) is 41.1 Å². The summed E-state index contributed by atoms with van der Waals surface area (Å²) in [5, 5.41) is 6.10. The van der Waals surface area contributed by atoms with Crippen molar-refractivity contribution in [3.05, 3.63) is 71.3 Å². The molecule has 0 saturated heterocycles. The first-order valence-electron chi connectivity index (χ1n) is 7.27. The minimum Gasteiger partial charge on any atom is -0.355 e. The number of carbonyl (C=O) groups is 1. The van der Waals surface area contributed by atoms with Crippen LogP contribution in [0.5, 0.6) is 0 Å². The minimum absolute atomic E-state index is 0.0468. The smallest absolute Gasteiger partial charge is 0.251 e. The maximum Gasteiger partial charge on any atom is 0.251 e. The fourth-order valence-electron chi connectivity index (χ4n) is 2.30. The molecule has 0 aliphatic carbocycles. The normalized spacial score (nSPS) is 11.9. The Morgan fingerprint density at radius 2 is 1.86 bits per heavy atom. The van der Waals surface area contributed by atoms with Gasteiger partial charge in [0.2, 0.25) is 0 Å². The zero-order valence-corrected chi connectivity index (χ0v) is 12.6. The highest BCUT2D eigenvalue weighted by molar-refractivity contribution is 5.94. The summed E-state index contributed by atoms with van der Waals surface area (Å²) in [4.78, 5) is 11.6. The second-order valence-corrected chi connectivity index (χ2v) is 5.22. The molecule has 0 fully saturated rings. The number of carbonyl (C=O) groups excluding carboxylic acids is 1. The fraction of sp³-hybridized carbons (Fsp3) is 0.278. The van der Waals surface area contributed by atoms with Crippen molar-refractivity contribution in [2.24, 2.45) is 0 Å². The Kier molecular flexibility index (Phi) is 5.52. The lowest BCUT2D eigenvalue weighted by molar-refractivity contribution is 0.0963. The number of nitrogens with one attached hydrogen (secondary N) is 2.